The van der Waals surface area contributed by atoms with Gasteiger partial charge in [-0.25, -0.2) is 4.99 Å². The third-order valence-electron chi connectivity index (χ3n) is 3.44. The molecule has 1 aliphatic heterocycles. The molecule has 1 heterocycles. The fourth-order valence-electron chi connectivity index (χ4n) is 2.22. The number of nitrogens with zero attached hydrogens (tertiary/aromatic N) is 3. The number of carbonyl (C=O) groups is 1. The Morgan fingerprint density at radius 1 is 1.11 bits per heavy atom. The molecule has 2 aromatic rings. The Morgan fingerprint density at radius 3 is 2.44 bits per heavy atom. The quantitative estimate of drug-likeness (QED) is 0.466. The molecular formula is C16H10N4O6S. The molecule has 10 nitrogen and oxygen atoms in total. The Balaban J connectivity index is 1.99. The van der Waals surface area contributed by atoms with Crippen molar-refractivity contribution in [3.63, 3.8) is 0 Å². The van der Waals surface area contributed by atoms with Crippen LogP contribution >= 0.6 is 11.8 Å². The summed E-state index contributed by atoms with van der Waals surface area (Å²) in [5.41, 5.74) is -1.00. The van der Waals surface area contributed by atoms with E-state index in [2.05, 4.69) is 10.3 Å². The molecule has 0 unspecified atom stereocenters. The maximum atomic E-state index is 12.1. The first-order valence-electron chi connectivity index (χ1n) is 7.35. The predicted molar refractivity (Wildman–Crippen MR) is 98.7 cm³/mol. The number of amides is 1. The maximum Gasteiger partial charge on any atom is 0.318 e. The molecule has 11 heteroatoms. The van der Waals surface area contributed by atoms with Crippen LogP contribution in [-0.4, -0.2) is 26.0 Å². The van der Waals surface area contributed by atoms with Crippen molar-refractivity contribution < 1.29 is 19.7 Å². The Hall–Kier alpha value is -3.73. The number of nitro groups is 2. The third kappa shape index (κ3) is 3.93. The van der Waals surface area contributed by atoms with Crippen LogP contribution in [0.4, 0.5) is 17.1 Å². The summed E-state index contributed by atoms with van der Waals surface area (Å²) in [6, 6.07) is 10.4. The lowest BCUT2D eigenvalue weighted by molar-refractivity contribution is -0.394. The third-order valence-corrected chi connectivity index (χ3v) is 4.35. The molecule has 1 amide bonds. The van der Waals surface area contributed by atoms with Gasteiger partial charge in [0.2, 0.25) is 5.75 Å². The van der Waals surface area contributed by atoms with Crippen LogP contribution in [0.25, 0.3) is 6.08 Å². The second-order valence-corrected chi connectivity index (χ2v) is 6.26. The number of benzene rings is 2. The summed E-state index contributed by atoms with van der Waals surface area (Å²) in [5.74, 6) is -1.30. The van der Waals surface area contributed by atoms with Gasteiger partial charge in [-0.15, -0.1) is 0 Å². The Kier molecular flexibility index (Phi) is 4.86. The molecule has 2 aromatic carbocycles. The summed E-state index contributed by atoms with van der Waals surface area (Å²) in [7, 11) is 0. The second-order valence-electron chi connectivity index (χ2n) is 5.23. The number of thioether (sulfide) groups is 1. The van der Waals surface area contributed by atoms with Crippen LogP contribution in [0.3, 0.4) is 0 Å². The van der Waals surface area contributed by atoms with E-state index in [0.29, 0.717) is 11.8 Å². The zero-order chi connectivity index (χ0) is 19.6. The highest BCUT2D eigenvalue weighted by molar-refractivity contribution is 8.18. The number of aliphatic imine (C=N–C) groups is 1. The van der Waals surface area contributed by atoms with Crippen LogP contribution in [0.5, 0.6) is 5.75 Å². The summed E-state index contributed by atoms with van der Waals surface area (Å²) in [6.45, 7) is 0. The first kappa shape index (κ1) is 18.1. The number of amidine groups is 1. The second kappa shape index (κ2) is 7.25. The van der Waals surface area contributed by atoms with E-state index in [0.717, 1.165) is 23.9 Å². The summed E-state index contributed by atoms with van der Waals surface area (Å²) >= 11 is 0.945. The summed E-state index contributed by atoms with van der Waals surface area (Å²) < 4.78 is 0. The Morgan fingerprint density at radius 2 is 1.81 bits per heavy atom. The predicted octanol–water partition coefficient (Wildman–Crippen LogP) is 3.10. The molecule has 0 aliphatic carbocycles. The van der Waals surface area contributed by atoms with Gasteiger partial charge in [0.25, 0.3) is 11.6 Å². The first-order chi connectivity index (χ1) is 12.8. The molecule has 2 N–H and O–H groups in total. The minimum Gasteiger partial charge on any atom is -0.502 e. The number of nitro benzene ring substituents is 2. The highest BCUT2D eigenvalue weighted by Crippen LogP contribution is 2.37. The number of phenols is 1. The minimum atomic E-state index is -0.936. The number of hydrogen-bond donors (Lipinski definition) is 2. The van der Waals surface area contributed by atoms with Crippen molar-refractivity contribution in [3.8, 4) is 5.75 Å². The summed E-state index contributed by atoms with van der Waals surface area (Å²) in [4.78, 5) is 36.6. The molecular weight excluding hydrogens is 376 g/mol. The zero-order valence-corrected chi connectivity index (χ0v) is 14.2. The Bertz CT molecular complexity index is 1020. The van der Waals surface area contributed by atoms with Crippen molar-refractivity contribution >= 4 is 46.0 Å². The average molecular weight is 386 g/mol. The van der Waals surface area contributed by atoms with Gasteiger partial charge in [-0.05, 0) is 30.0 Å². The lowest BCUT2D eigenvalue weighted by Crippen LogP contribution is -2.19. The lowest BCUT2D eigenvalue weighted by Gasteiger charge is -2.02. The van der Waals surface area contributed by atoms with Crippen molar-refractivity contribution in [1.82, 2.24) is 5.32 Å². The fraction of sp³-hybridized carbons (Fsp3) is 0. The smallest absolute Gasteiger partial charge is 0.318 e. The van der Waals surface area contributed by atoms with E-state index < -0.39 is 32.9 Å². The van der Waals surface area contributed by atoms with Gasteiger partial charge in [0, 0.05) is 11.6 Å². The van der Waals surface area contributed by atoms with E-state index in [4.69, 9.17) is 0 Å². The van der Waals surface area contributed by atoms with Gasteiger partial charge in [0.1, 0.15) is 0 Å². The van der Waals surface area contributed by atoms with Gasteiger partial charge in [0.15, 0.2) is 5.17 Å². The number of aromatic hydroxyl groups is 1. The normalized spacial score (nSPS) is 16.5. The van der Waals surface area contributed by atoms with Crippen molar-refractivity contribution in [2.75, 3.05) is 0 Å². The van der Waals surface area contributed by atoms with Gasteiger partial charge >= 0.3 is 5.69 Å². The number of non-ortho nitro benzene ring substituents is 1. The highest BCUT2D eigenvalue weighted by atomic mass is 32.2. The molecule has 136 valence electrons. The van der Waals surface area contributed by atoms with E-state index in [1.165, 1.54) is 0 Å². The maximum absolute atomic E-state index is 12.1. The van der Waals surface area contributed by atoms with Crippen LogP contribution in [-0.2, 0) is 4.79 Å². The largest absolute Gasteiger partial charge is 0.502 e. The van der Waals surface area contributed by atoms with E-state index in [1.807, 2.05) is 6.07 Å². The van der Waals surface area contributed by atoms with Crippen molar-refractivity contribution in [1.29, 1.82) is 0 Å². The van der Waals surface area contributed by atoms with Gasteiger partial charge in [-0.1, -0.05) is 18.2 Å². The van der Waals surface area contributed by atoms with Crippen LogP contribution < -0.4 is 5.32 Å². The molecule has 0 spiro atoms. The highest BCUT2D eigenvalue weighted by Gasteiger charge is 2.27. The van der Waals surface area contributed by atoms with Crippen LogP contribution in [0, 0.1) is 20.2 Å². The molecule has 1 fully saturated rings. The van der Waals surface area contributed by atoms with Gasteiger partial charge in [0.05, 0.1) is 26.5 Å². The monoisotopic (exact) mass is 386 g/mol. The topological polar surface area (TPSA) is 148 Å². The van der Waals surface area contributed by atoms with Crippen molar-refractivity contribution in [3.05, 3.63) is 73.2 Å². The van der Waals surface area contributed by atoms with Gasteiger partial charge in [-0.2, -0.15) is 0 Å². The first-order valence-corrected chi connectivity index (χ1v) is 8.17. The molecule has 0 aromatic heterocycles. The van der Waals surface area contributed by atoms with Crippen molar-refractivity contribution in [2.24, 2.45) is 4.99 Å². The van der Waals surface area contributed by atoms with E-state index >= 15 is 0 Å². The van der Waals surface area contributed by atoms with Crippen LogP contribution in [0.15, 0.2) is 52.4 Å². The van der Waals surface area contributed by atoms with Crippen LogP contribution in [0.1, 0.15) is 5.56 Å². The number of carbonyl (C=O) groups excluding carboxylic acids is 1. The fourth-order valence-corrected chi connectivity index (χ4v) is 3.05. The van der Waals surface area contributed by atoms with E-state index in [9.17, 15) is 30.1 Å². The Labute approximate surface area is 155 Å². The molecule has 1 aliphatic rings. The minimum absolute atomic E-state index is 0.0785. The molecule has 3 rings (SSSR count). The van der Waals surface area contributed by atoms with E-state index in [-0.39, 0.29) is 15.6 Å². The van der Waals surface area contributed by atoms with Crippen molar-refractivity contribution in [2.45, 2.75) is 0 Å². The molecule has 27 heavy (non-hydrogen) atoms. The molecule has 0 atom stereocenters. The number of para-hydroxylation sites is 1. The average Bonchev–Trinajstić information content (AvgIpc) is 2.96. The SMILES string of the molecule is O=C1NC(=Nc2ccccc2)S/C1=C/c1cc([N+](=O)[O-])cc([N+](=O)[O-])c1O. The lowest BCUT2D eigenvalue weighted by atomic mass is 10.1. The van der Waals surface area contributed by atoms with E-state index in [1.54, 1.807) is 24.3 Å². The molecule has 0 saturated carbocycles. The van der Waals surface area contributed by atoms with Gasteiger partial charge in [-0.3, -0.25) is 25.0 Å². The van der Waals surface area contributed by atoms with Gasteiger partial charge < -0.3 is 10.4 Å². The zero-order valence-electron chi connectivity index (χ0n) is 13.4. The summed E-state index contributed by atoms with van der Waals surface area (Å²) in [6.07, 6.45) is 1.14. The molecule has 0 radical (unpaired) electrons. The molecule has 0 bridgehead atoms. The number of hydrogen-bond acceptors (Lipinski definition) is 8. The number of phenolic OH excluding ortho intramolecular Hbond substituents is 1. The molecule has 1 saturated heterocycles. The number of rotatable bonds is 4. The summed E-state index contributed by atoms with van der Waals surface area (Å²) in [5, 5.41) is 34.8. The number of nitrogens with one attached hydrogen (secondary N) is 1. The van der Waals surface area contributed by atoms with Crippen LogP contribution in [0.2, 0.25) is 0 Å². The standard InChI is InChI=1S/C16H10N4O6S/c21-14-9(6-11(19(23)24)8-12(14)20(25)26)7-13-15(22)18-16(27-13)17-10-4-2-1-3-5-10/h1-8,21H,(H,17,18,22)/b13-7+.